The van der Waals surface area contributed by atoms with E-state index in [2.05, 4.69) is 176 Å². The van der Waals surface area contributed by atoms with E-state index in [1.54, 1.807) is 0 Å². The van der Waals surface area contributed by atoms with Crippen LogP contribution in [0.1, 0.15) is 5.56 Å². The van der Waals surface area contributed by atoms with Gasteiger partial charge in [-0.2, -0.15) is 5.26 Å². The Hall–Kier alpha value is -7.86. The normalized spacial score (nSPS) is 11.6. The standard InChI is InChI=1S/C50H29N5/c1-52-34-21-27-48(55-46-16-8-4-12-39(46)40-13-5-9-17-47(40)55)42(29-34)33-19-22-35(23-20-33)53-49-26-18-32(31-51)28-43(49)41-25-24-36(30-50(41)53)54-44-14-6-2-10-37(44)38-11-3-7-15-45(38)54/h2-30H. The smallest absolute Gasteiger partial charge is 0.188 e. The van der Waals surface area contributed by atoms with Crippen LogP contribution in [-0.2, 0) is 0 Å². The molecule has 11 aromatic rings. The van der Waals surface area contributed by atoms with Crippen molar-refractivity contribution in [3.63, 3.8) is 0 Å². The van der Waals surface area contributed by atoms with Gasteiger partial charge in [0.15, 0.2) is 5.69 Å². The first-order valence-corrected chi connectivity index (χ1v) is 18.3. The van der Waals surface area contributed by atoms with Crippen molar-refractivity contribution in [2.45, 2.75) is 0 Å². The lowest BCUT2D eigenvalue weighted by Crippen LogP contribution is -1.98. The van der Waals surface area contributed by atoms with Crippen LogP contribution < -0.4 is 0 Å². The second-order valence-corrected chi connectivity index (χ2v) is 14.0. The molecule has 0 fully saturated rings. The second kappa shape index (κ2) is 11.8. The van der Waals surface area contributed by atoms with Gasteiger partial charge in [0.1, 0.15) is 0 Å². The van der Waals surface area contributed by atoms with Crippen LogP contribution >= 0.6 is 0 Å². The van der Waals surface area contributed by atoms with Gasteiger partial charge < -0.3 is 13.7 Å². The maximum atomic E-state index is 9.87. The molecule has 0 unspecified atom stereocenters. The lowest BCUT2D eigenvalue weighted by molar-refractivity contribution is 1.15. The third kappa shape index (κ3) is 4.51. The van der Waals surface area contributed by atoms with Gasteiger partial charge in [-0.1, -0.05) is 97.1 Å². The summed E-state index contributed by atoms with van der Waals surface area (Å²) < 4.78 is 6.96. The summed E-state index contributed by atoms with van der Waals surface area (Å²) in [6, 6.07) is 63.7. The maximum absolute atomic E-state index is 9.87. The van der Waals surface area contributed by atoms with Gasteiger partial charge >= 0.3 is 0 Å². The van der Waals surface area contributed by atoms with Crippen molar-refractivity contribution < 1.29 is 0 Å². The molecule has 254 valence electrons. The van der Waals surface area contributed by atoms with E-state index in [-0.39, 0.29) is 0 Å². The third-order valence-corrected chi connectivity index (χ3v) is 11.1. The van der Waals surface area contributed by atoms with Gasteiger partial charge in [0.2, 0.25) is 0 Å². The van der Waals surface area contributed by atoms with Crippen LogP contribution in [-0.4, -0.2) is 13.7 Å². The van der Waals surface area contributed by atoms with Crippen molar-refractivity contribution in [2.75, 3.05) is 0 Å². The molecule has 8 aromatic carbocycles. The molecular weight excluding hydrogens is 671 g/mol. The van der Waals surface area contributed by atoms with Crippen molar-refractivity contribution in [1.82, 2.24) is 13.7 Å². The van der Waals surface area contributed by atoms with E-state index in [1.165, 1.54) is 21.5 Å². The molecule has 3 heterocycles. The Morgan fingerprint density at radius 1 is 0.418 bits per heavy atom. The number of nitriles is 1. The summed E-state index contributed by atoms with van der Waals surface area (Å²) in [5, 5.41) is 16.8. The minimum absolute atomic E-state index is 0.594. The molecule has 0 saturated carbocycles. The molecule has 0 radical (unpaired) electrons. The molecule has 0 aliphatic heterocycles. The van der Waals surface area contributed by atoms with Gasteiger partial charge in [-0.3, -0.25) is 0 Å². The Kier molecular flexibility index (Phi) is 6.61. The molecule has 0 N–H and O–H groups in total. The number of benzene rings is 8. The number of nitrogens with zero attached hydrogens (tertiary/aromatic N) is 5. The molecule has 0 aliphatic carbocycles. The highest BCUT2D eigenvalue weighted by atomic mass is 15.0. The highest BCUT2D eigenvalue weighted by Crippen LogP contribution is 2.40. The van der Waals surface area contributed by atoms with Crippen LogP contribution in [0, 0.1) is 17.9 Å². The Labute approximate surface area is 316 Å². The van der Waals surface area contributed by atoms with E-state index in [0.717, 1.165) is 72.1 Å². The van der Waals surface area contributed by atoms with Crippen molar-refractivity contribution in [2.24, 2.45) is 0 Å². The summed E-state index contributed by atoms with van der Waals surface area (Å²) in [5.74, 6) is 0. The quantitative estimate of drug-likeness (QED) is 0.169. The lowest BCUT2D eigenvalue weighted by atomic mass is 10.0. The zero-order chi connectivity index (χ0) is 36.6. The molecule has 0 atom stereocenters. The summed E-state index contributed by atoms with van der Waals surface area (Å²) in [4.78, 5) is 3.82. The molecule has 5 heteroatoms. The molecule has 0 spiro atoms. The first kappa shape index (κ1) is 30.7. The largest absolute Gasteiger partial charge is 0.309 e. The fourth-order valence-electron chi connectivity index (χ4n) is 8.69. The summed E-state index contributed by atoms with van der Waals surface area (Å²) in [6.45, 7) is 7.87. The molecule has 0 amide bonds. The average Bonchev–Trinajstić information content (AvgIpc) is 3.88. The van der Waals surface area contributed by atoms with Crippen molar-refractivity contribution in [1.29, 1.82) is 5.26 Å². The number of rotatable bonds is 4. The minimum atomic E-state index is 0.594. The minimum Gasteiger partial charge on any atom is -0.309 e. The van der Waals surface area contributed by atoms with Crippen LogP contribution in [0.25, 0.3) is 98.5 Å². The summed E-state index contributed by atoms with van der Waals surface area (Å²) in [5.41, 5.74) is 13.0. The van der Waals surface area contributed by atoms with Crippen molar-refractivity contribution in [3.8, 4) is 34.3 Å². The summed E-state index contributed by atoms with van der Waals surface area (Å²) in [6.07, 6.45) is 0. The van der Waals surface area contributed by atoms with Gasteiger partial charge in [-0.05, 0) is 90.0 Å². The topological polar surface area (TPSA) is 42.9 Å². The zero-order valence-electron chi connectivity index (χ0n) is 29.5. The predicted molar refractivity (Wildman–Crippen MR) is 226 cm³/mol. The zero-order valence-corrected chi connectivity index (χ0v) is 29.5. The molecule has 5 nitrogen and oxygen atoms in total. The molecule has 55 heavy (non-hydrogen) atoms. The Morgan fingerprint density at radius 2 is 0.927 bits per heavy atom. The Bertz CT molecular complexity index is 3350. The lowest BCUT2D eigenvalue weighted by Gasteiger charge is -2.16. The number of fused-ring (bicyclic) bond motifs is 9. The summed E-state index contributed by atoms with van der Waals surface area (Å²) in [7, 11) is 0. The van der Waals surface area contributed by atoms with E-state index in [4.69, 9.17) is 6.57 Å². The number of hydrogen-bond donors (Lipinski definition) is 0. The van der Waals surface area contributed by atoms with Crippen molar-refractivity contribution >= 4 is 71.1 Å². The van der Waals surface area contributed by atoms with Crippen LogP contribution in [0.15, 0.2) is 176 Å². The summed E-state index contributed by atoms with van der Waals surface area (Å²) >= 11 is 0. The predicted octanol–water partition coefficient (Wildman–Crippen LogP) is 13.1. The number of aromatic nitrogens is 3. The van der Waals surface area contributed by atoms with Gasteiger partial charge in [0.25, 0.3) is 0 Å². The van der Waals surface area contributed by atoms with Crippen LogP contribution in [0.3, 0.4) is 0 Å². The maximum Gasteiger partial charge on any atom is 0.188 e. The highest BCUT2D eigenvalue weighted by Gasteiger charge is 2.19. The Morgan fingerprint density at radius 3 is 1.51 bits per heavy atom. The monoisotopic (exact) mass is 699 g/mol. The van der Waals surface area contributed by atoms with E-state index in [1.807, 2.05) is 24.3 Å². The van der Waals surface area contributed by atoms with Gasteiger partial charge in [-0.25, -0.2) is 4.85 Å². The molecule has 11 rings (SSSR count). The Balaban J connectivity index is 1.12. The first-order valence-electron chi connectivity index (χ1n) is 18.3. The van der Waals surface area contributed by atoms with E-state index < -0.39 is 0 Å². The van der Waals surface area contributed by atoms with Crippen molar-refractivity contribution in [3.05, 3.63) is 193 Å². The molecular formula is C50H29N5. The third-order valence-electron chi connectivity index (χ3n) is 11.1. The highest BCUT2D eigenvalue weighted by molar-refractivity contribution is 6.13. The molecule has 3 aromatic heterocycles. The SMILES string of the molecule is [C-]#[N+]c1ccc(-n2c3ccccc3c3ccccc32)c(-c2ccc(-n3c4ccc(C#N)cc4c4ccc(-n5c6ccccc6c6ccccc65)cc43)cc2)c1. The molecule has 0 bridgehead atoms. The number of hydrogen-bond acceptors (Lipinski definition) is 1. The second-order valence-electron chi connectivity index (χ2n) is 14.0. The van der Waals surface area contributed by atoms with E-state index in [0.29, 0.717) is 11.3 Å². The van der Waals surface area contributed by atoms with Gasteiger partial charge in [0.05, 0.1) is 57.0 Å². The molecule has 0 saturated heterocycles. The molecule has 0 aliphatic rings. The fourth-order valence-corrected chi connectivity index (χ4v) is 8.69. The van der Waals surface area contributed by atoms with E-state index >= 15 is 0 Å². The van der Waals surface area contributed by atoms with Gasteiger partial charge in [0, 0.05) is 43.7 Å². The number of para-hydroxylation sites is 4. The van der Waals surface area contributed by atoms with Crippen LogP contribution in [0.5, 0.6) is 0 Å². The van der Waals surface area contributed by atoms with E-state index in [9.17, 15) is 5.26 Å². The fraction of sp³-hybridized carbons (Fsp3) is 0. The first-order chi connectivity index (χ1) is 27.2. The van der Waals surface area contributed by atoms with Crippen LogP contribution in [0.4, 0.5) is 5.69 Å². The van der Waals surface area contributed by atoms with Crippen LogP contribution in [0.2, 0.25) is 0 Å². The van der Waals surface area contributed by atoms with Gasteiger partial charge in [-0.15, -0.1) is 0 Å². The average molecular weight is 700 g/mol.